The number of carbonyl (C=O) groups is 1. The van der Waals surface area contributed by atoms with E-state index in [0.29, 0.717) is 34.2 Å². The van der Waals surface area contributed by atoms with E-state index in [-0.39, 0.29) is 5.56 Å². The predicted octanol–water partition coefficient (Wildman–Crippen LogP) is 3.68. The molecule has 150 valence electrons. The molecule has 0 saturated heterocycles. The van der Waals surface area contributed by atoms with Gasteiger partial charge in [0.2, 0.25) is 0 Å². The molecule has 0 aliphatic carbocycles. The molecule has 2 aromatic heterocycles. The Labute approximate surface area is 176 Å². The van der Waals surface area contributed by atoms with Crippen LogP contribution in [0, 0.1) is 0 Å². The zero-order chi connectivity index (χ0) is 21.2. The summed E-state index contributed by atoms with van der Waals surface area (Å²) in [7, 11) is 0. The highest BCUT2D eigenvalue weighted by atomic mass is 16.5. The van der Waals surface area contributed by atoms with Crippen LogP contribution in [0.3, 0.4) is 0 Å². The van der Waals surface area contributed by atoms with E-state index in [9.17, 15) is 9.59 Å². The fourth-order valence-corrected chi connectivity index (χ4v) is 3.47. The summed E-state index contributed by atoms with van der Waals surface area (Å²) >= 11 is 0. The van der Waals surface area contributed by atoms with E-state index in [0.717, 1.165) is 16.6 Å². The van der Waals surface area contributed by atoms with Gasteiger partial charge in [0.25, 0.3) is 5.56 Å². The molecule has 0 saturated carbocycles. The van der Waals surface area contributed by atoms with Gasteiger partial charge in [0.15, 0.2) is 0 Å². The van der Waals surface area contributed by atoms with E-state index < -0.39 is 5.97 Å². The topological polar surface area (TPSA) is 97.8 Å². The molecular formula is C24H16N4O3. The third kappa shape index (κ3) is 3.76. The average Bonchev–Trinajstić information content (AvgIpc) is 2.81. The first-order valence-corrected chi connectivity index (χ1v) is 9.65. The van der Waals surface area contributed by atoms with E-state index in [4.69, 9.17) is 4.74 Å². The van der Waals surface area contributed by atoms with Crippen molar-refractivity contribution < 1.29 is 9.53 Å². The van der Waals surface area contributed by atoms with Crippen molar-refractivity contribution in [2.75, 3.05) is 0 Å². The van der Waals surface area contributed by atoms with Gasteiger partial charge in [-0.15, -0.1) is 0 Å². The summed E-state index contributed by atoms with van der Waals surface area (Å²) in [4.78, 5) is 33.0. The summed E-state index contributed by atoms with van der Waals surface area (Å²) in [5.74, 6) is -0.0483. The van der Waals surface area contributed by atoms with Gasteiger partial charge in [0.1, 0.15) is 5.75 Å². The highest BCUT2D eigenvalue weighted by Crippen LogP contribution is 2.21. The minimum atomic E-state index is -0.475. The molecule has 0 aliphatic heterocycles. The fraction of sp³-hybridized carbons (Fsp3) is 0.0417. The molecule has 0 aliphatic rings. The second kappa shape index (κ2) is 7.79. The van der Waals surface area contributed by atoms with Gasteiger partial charge in [0, 0.05) is 24.2 Å². The summed E-state index contributed by atoms with van der Waals surface area (Å²) in [5.41, 5.74) is 3.16. The molecule has 0 atom stereocenters. The van der Waals surface area contributed by atoms with Crippen LogP contribution in [-0.4, -0.2) is 26.1 Å². The SMILES string of the molecule is O=C(Oc1cccc(Cc2n[nH]c(=O)c3ccccc23)c1)c1ccc2nccnc2c1. The Morgan fingerprint density at radius 1 is 0.871 bits per heavy atom. The van der Waals surface area contributed by atoms with Crippen molar-refractivity contribution in [3.63, 3.8) is 0 Å². The molecule has 7 nitrogen and oxygen atoms in total. The number of hydrogen-bond donors (Lipinski definition) is 1. The van der Waals surface area contributed by atoms with Crippen molar-refractivity contribution in [1.82, 2.24) is 20.2 Å². The maximum Gasteiger partial charge on any atom is 0.343 e. The first-order chi connectivity index (χ1) is 15.2. The lowest BCUT2D eigenvalue weighted by atomic mass is 10.0. The lowest BCUT2D eigenvalue weighted by molar-refractivity contribution is 0.0735. The number of nitrogens with zero attached hydrogens (tertiary/aromatic N) is 3. The standard InChI is InChI=1S/C24H16N4O3/c29-23-19-7-2-1-6-18(19)21(27-28-23)13-15-4-3-5-17(12-15)31-24(30)16-8-9-20-22(14-16)26-11-10-25-20/h1-12,14H,13H2,(H,28,29). The van der Waals surface area contributed by atoms with Crippen LogP contribution in [0.25, 0.3) is 21.8 Å². The quantitative estimate of drug-likeness (QED) is 0.360. The van der Waals surface area contributed by atoms with Gasteiger partial charge in [-0.05, 0) is 42.0 Å². The number of rotatable bonds is 4. The fourth-order valence-electron chi connectivity index (χ4n) is 3.47. The third-order valence-electron chi connectivity index (χ3n) is 4.96. The van der Waals surface area contributed by atoms with E-state index in [1.807, 2.05) is 30.3 Å². The summed E-state index contributed by atoms with van der Waals surface area (Å²) in [6.07, 6.45) is 3.66. The summed E-state index contributed by atoms with van der Waals surface area (Å²) in [5, 5.41) is 8.14. The molecule has 0 radical (unpaired) electrons. The van der Waals surface area contributed by atoms with Crippen molar-refractivity contribution in [3.05, 3.63) is 106 Å². The number of fused-ring (bicyclic) bond motifs is 2. The molecule has 0 unspecified atom stereocenters. The number of esters is 1. The molecular weight excluding hydrogens is 392 g/mol. The minimum Gasteiger partial charge on any atom is -0.423 e. The molecule has 3 aromatic carbocycles. The zero-order valence-electron chi connectivity index (χ0n) is 16.3. The lowest BCUT2D eigenvalue weighted by Gasteiger charge is -2.08. The number of aromatic amines is 1. The summed E-state index contributed by atoms with van der Waals surface area (Å²) in [6.45, 7) is 0. The van der Waals surface area contributed by atoms with Crippen molar-refractivity contribution in [1.29, 1.82) is 0 Å². The highest BCUT2D eigenvalue weighted by molar-refractivity contribution is 5.94. The molecule has 7 heteroatoms. The largest absolute Gasteiger partial charge is 0.423 e. The molecule has 2 heterocycles. The van der Waals surface area contributed by atoms with Crippen molar-refractivity contribution in [2.24, 2.45) is 0 Å². The number of hydrogen-bond acceptors (Lipinski definition) is 6. The van der Waals surface area contributed by atoms with Gasteiger partial charge in [0.05, 0.1) is 27.7 Å². The molecule has 0 spiro atoms. The van der Waals surface area contributed by atoms with Crippen molar-refractivity contribution >= 4 is 27.8 Å². The minimum absolute atomic E-state index is 0.220. The Bertz CT molecular complexity index is 1490. The molecule has 5 rings (SSSR count). The van der Waals surface area contributed by atoms with Gasteiger partial charge in [-0.2, -0.15) is 5.10 Å². The highest BCUT2D eigenvalue weighted by Gasteiger charge is 2.12. The summed E-state index contributed by atoms with van der Waals surface area (Å²) < 4.78 is 5.57. The van der Waals surface area contributed by atoms with E-state index in [2.05, 4.69) is 20.2 Å². The predicted molar refractivity (Wildman–Crippen MR) is 116 cm³/mol. The molecule has 0 amide bonds. The second-order valence-corrected chi connectivity index (χ2v) is 7.02. The average molecular weight is 408 g/mol. The number of ether oxygens (including phenoxy) is 1. The number of H-pyrrole nitrogens is 1. The maximum absolute atomic E-state index is 12.6. The van der Waals surface area contributed by atoms with Crippen LogP contribution >= 0.6 is 0 Å². The van der Waals surface area contributed by atoms with Crippen molar-refractivity contribution in [3.8, 4) is 5.75 Å². The Balaban J connectivity index is 1.40. The van der Waals surface area contributed by atoms with Crippen LogP contribution in [0.5, 0.6) is 5.75 Å². The van der Waals surface area contributed by atoms with Crippen LogP contribution in [0.1, 0.15) is 21.6 Å². The maximum atomic E-state index is 12.6. The van der Waals surface area contributed by atoms with Crippen LogP contribution in [-0.2, 0) is 6.42 Å². The van der Waals surface area contributed by atoms with Crippen LogP contribution in [0.15, 0.2) is 83.9 Å². The van der Waals surface area contributed by atoms with Gasteiger partial charge in [-0.3, -0.25) is 14.8 Å². The lowest BCUT2D eigenvalue weighted by Crippen LogP contribution is -2.11. The Hall–Kier alpha value is -4.39. The molecule has 1 N–H and O–H groups in total. The van der Waals surface area contributed by atoms with E-state index in [1.165, 1.54) is 0 Å². The Morgan fingerprint density at radius 3 is 2.55 bits per heavy atom. The summed E-state index contributed by atoms with van der Waals surface area (Å²) in [6, 6.07) is 19.7. The number of nitrogens with one attached hydrogen (secondary N) is 1. The van der Waals surface area contributed by atoms with Crippen molar-refractivity contribution in [2.45, 2.75) is 6.42 Å². The van der Waals surface area contributed by atoms with E-state index in [1.54, 1.807) is 48.8 Å². The molecule has 0 fully saturated rings. The zero-order valence-corrected chi connectivity index (χ0v) is 16.3. The van der Waals surface area contributed by atoms with Gasteiger partial charge < -0.3 is 4.74 Å². The number of aromatic nitrogens is 4. The monoisotopic (exact) mass is 408 g/mol. The molecule has 31 heavy (non-hydrogen) atoms. The first-order valence-electron chi connectivity index (χ1n) is 9.65. The van der Waals surface area contributed by atoms with Crippen LogP contribution in [0.2, 0.25) is 0 Å². The second-order valence-electron chi connectivity index (χ2n) is 7.02. The smallest absolute Gasteiger partial charge is 0.343 e. The van der Waals surface area contributed by atoms with Gasteiger partial charge in [-0.25, -0.2) is 9.89 Å². The Kier molecular flexibility index (Phi) is 4.68. The van der Waals surface area contributed by atoms with Gasteiger partial charge >= 0.3 is 5.97 Å². The van der Waals surface area contributed by atoms with Crippen LogP contribution in [0.4, 0.5) is 0 Å². The number of benzene rings is 3. The van der Waals surface area contributed by atoms with Crippen LogP contribution < -0.4 is 10.3 Å². The Morgan fingerprint density at radius 2 is 1.68 bits per heavy atom. The third-order valence-corrected chi connectivity index (χ3v) is 4.96. The number of carbonyl (C=O) groups excluding carboxylic acids is 1. The molecule has 0 bridgehead atoms. The first kappa shape index (κ1) is 18.6. The molecule has 5 aromatic rings. The van der Waals surface area contributed by atoms with E-state index >= 15 is 0 Å². The van der Waals surface area contributed by atoms with Gasteiger partial charge in [-0.1, -0.05) is 30.3 Å². The normalized spacial score (nSPS) is 11.0.